The number of rotatable bonds is 12. The number of phenols is 2. The summed E-state index contributed by atoms with van der Waals surface area (Å²) in [6.07, 6.45) is 1.79. The highest BCUT2D eigenvalue weighted by Crippen LogP contribution is 2.33. The lowest BCUT2D eigenvalue weighted by atomic mass is 9.94. The van der Waals surface area contributed by atoms with Gasteiger partial charge in [-0.1, -0.05) is 0 Å². The molecule has 10 N–H and O–H groups in total. The monoisotopic (exact) mass is 989 g/mol. The second-order valence-electron chi connectivity index (χ2n) is 13.2. The minimum atomic E-state index is -5.16. The maximum atomic E-state index is 13.5. The van der Waals surface area contributed by atoms with Crippen LogP contribution in [0.5, 0.6) is 11.5 Å². The van der Waals surface area contributed by atoms with E-state index in [9.17, 15) is 71.7 Å². The number of nitrogens with one attached hydrogen (secondary N) is 4. The van der Waals surface area contributed by atoms with Crippen LogP contribution in [0.15, 0.2) is 103 Å². The van der Waals surface area contributed by atoms with E-state index in [1.54, 1.807) is 0 Å². The lowest BCUT2D eigenvalue weighted by Crippen LogP contribution is -2.27. The molecular weight excluding hydrogens is 966 g/mol. The first kappa shape index (κ1) is 45.8. The van der Waals surface area contributed by atoms with Crippen molar-refractivity contribution in [2.75, 3.05) is 21.5 Å². The van der Waals surface area contributed by atoms with Gasteiger partial charge in [0.15, 0.2) is 11.4 Å². The van der Waals surface area contributed by atoms with E-state index in [-0.39, 0.29) is 50.8 Å². The van der Waals surface area contributed by atoms with E-state index in [4.69, 9.17) is 11.6 Å². The van der Waals surface area contributed by atoms with Gasteiger partial charge >= 0.3 is 0 Å². The van der Waals surface area contributed by atoms with E-state index in [1.807, 2.05) is 0 Å². The fraction of sp³-hybridized carbons (Fsp3) is 0. The van der Waals surface area contributed by atoms with Crippen LogP contribution in [0.25, 0.3) is 12.2 Å². The number of phenolic OH excluding ortho intramolecular Hbond substituents is 2. The van der Waals surface area contributed by atoms with Crippen LogP contribution in [0.4, 0.5) is 34.6 Å². The predicted octanol–water partition coefficient (Wildman–Crippen LogP) is 3.70. The second-order valence-corrected chi connectivity index (χ2v) is 19.1. The summed E-state index contributed by atoms with van der Waals surface area (Å²) in [5, 5.41) is 32.8. The van der Waals surface area contributed by atoms with Crippen LogP contribution in [0.3, 0.4) is 0 Å². The molecule has 2 aliphatic rings. The molecule has 0 aliphatic heterocycles. The average Bonchev–Trinajstić information content (AvgIpc) is 3.19. The van der Waals surface area contributed by atoms with Gasteiger partial charge in [0.2, 0.25) is 28.7 Å². The summed E-state index contributed by atoms with van der Waals surface area (Å²) >= 11 is 6.16. The molecule has 25 nitrogen and oxygen atoms in total. The Labute approximate surface area is 370 Å². The number of aromatic hydroxyl groups is 2. The molecule has 4 aromatic carbocycles. The van der Waals surface area contributed by atoms with Gasteiger partial charge < -0.3 is 20.8 Å². The Morgan fingerprint density at radius 3 is 1.25 bits per heavy atom. The van der Waals surface area contributed by atoms with Gasteiger partial charge in [-0.15, -0.1) is 0 Å². The van der Waals surface area contributed by atoms with Crippen molar-refractivity contribution in [2.45, 2.75) is 9.79 Å². The Balaban J connectivity index is 1.14. The minimum absolute atomic E-state index is 0.0595. The van der Waals surface area contributed by atoms with Crippen LogP contribution in [0.1, 0.15) is 31.8 Å². The van der Waals surface area contributed by atoms with Gasteiger partial charge in [0, 0.05) is 22.5 Å². The summed E-state index contributed by atoms with van der Waals surface area (Å²) in [5.74, 6) is -3.74. The molecule has 5 aromatic rings. The number of carbonyl (C=O) groups is 2. The van der Waals surface area contributed by atoms with E-state index in [2.05, 4.69) is 46.6 Å². The van der Waals surface area contributed by atoms with Crippen LogP contribution in [-0.2, 0) is 40.5 Å². The van der Waals surface area contributed by atoms with E-state index in [1.165, 1.54) is 36.4 Å². The summed E-state index contributed by atoms with van der Waals surface area (Å²) in [4.78, 5) is 35.8. The second kappa shape index (κ2) is 16.7. The molecule has 30 heteroatoms. The molecule has 0 saturated carbocycles. The van der Waals surface area contributed by atoms with Crippen LogP contribution in [-0.4, -0.2) is 100 Å². The summed E-state index contributed by atoms with van der Waals surface area (Å²) in [7, 11) is -19.8. The number of ketones is 2. The summed E-state index contributed by atoms with van der Waals surface area (Å²) in [5.41, 5.74) is 1.56. The third-order valence-electron chi connectivity index (χ3n) is 8.85. The molecule has 0 fully saturated rings. The molecule has 0 radical (unpaired) electrons. The maximum absolute atomic E-state index is 13.5. The molecular formula is C35H24ClN9O16S4. The predicted molar refractivity (Wildman–Crippen MR) is 230 cm³/mol. The van der Waals surface area contributed by atoms with Crippen molar-refractivity contribution >= 4 is 122 Å². The normalized spacial score (nSPS) is 15.5. The molecule has 336 valence electrons. The molecule has 0 bridgehead atoms. The quantitative estimate of drug-likeness (QED) is 0.0484. The van der Waals surface area contributed by atoms with Crippen molar-refractivity contribution in [3.05, 3.63) is 110 Å². The first-order chi connectivity index (χ1) is 30.3. The standard InChI is InChI=1S/C35H24ClN9O16S4/c36-33-39-34(37-17-1-5-21-15(9-17)11-27(64(56,57)58)29(31(21)48)44-42-23-13-19(62(50,51)52)3-7-25(23)46)41-35(40-33)38-18-2-6-22-16(10-18)12-28(65(59,60)61)30(32(22)49)45-43-24-14-20(63(53,54)55)4-8-26(24)47/h1-14,42-43,46-47H,(H,50,51,52)(H,53,54,55)(H,56,57,58)(H,59,60,61)(H2,37,38,39,40,41). The minimum Gasteiger partial charge on any atom is -0.506 e. The number of aromatic nitrogens is 3. The van der Waals surface area contributed by atoms with Crippen LogP contribution < -0.4 is 21.5 Å². The van der Waals surface area contributed by atoms with Gasteiger partial charge in [-0.05, 0) is 108 Å². The van der Waals surface area contributed by atoms with Crippen molar-refractivity contribution in [2.24, 2.45) is 10.2 Å². The molecule has 1 heterocycles. The van der Waals surface area contributed by atoms with E-state index in [0.29, 0.717) is 0 Å². The fourth-order valence-corrected chi connectivity index (χ4v) is 8.41. The topological polar surface area (TPSA) is 404 Å². The third-order valence-corrected chi connectivity index (χ3v) is 12.4. The smallest absolute Gasteiger partial charge is 0.296 e. The molecule has 0 amide bonds. The molecule has 0 atom stereocenters. The van der Waals surface area contributed by atoms with E-state index in [0.717, 1.165) is 48.6 Å². The first-order valence-corrected chi connectivity index (χ1v) is 23.4. The summed E-state index contributed by atoms with van der Waals surface area (Å²) in [6, 6.07) is 12.7. The number of hydrogen-bond donors (Lipinski definition) is 10. The van der Waals surface area contributed by atoms with Crippen molar-refractivity contribution in [3.63, 3.8) is 0 Å². The molecule has 65 heavy (non-hydrogen) atoms. The zero-order chi connectivity index (χ0) is 47.4. The maximum Gasteiger partial charge on any atom is 0.296 e. The Hall–Kier alpha value is -7.22. The Morgan fingerprint density at radius 2 is 0.892 bits per heavy atom. The fourth-order valence-electron chi connectivity index (χ4n) is 5.92. The third kappa shape index (κ3) is 9.96. The number of hydrazone groups is 2. The summed E-state index contributed by atoms with van der Waals surface area (Å²) in [6.45, 7) is 0. The molecule has 0 unspecified atom stereocenters. The van der Waals surface area contributed by atoms with Gasteiger partial charge in [-0.2, -0.15) is 58.8 Å². The highest BCUT2D eigenvalue weighted by atomic mass is 35.5. The van der Waals surface area contributed by atoms with Crippen molar-refractivity contribution in [1.29, 1.82) is 0 Å². The lowest BCUT2D eigenvalue weighted by molar-refractivity contribution is 0.105. The van der Waals surface area contributed by atoms with Gasteiger partial charge in [-0.25, -0.2) is 0 Å². The molecule has 0 saturated heterocycles. The first-order valence-electron chi connectivity index (χ1n) is 17.3. The zero-order valence-corrected chi connectivity index (χ0v) is 35.6. The molecule has 2 aliphatic carbocycles. The van der Waals surface area contributed by atoms with Gasteiger partial charge in [0.25, 0.3) is 40.5 Å². The largest absolute Gasteiger partial charge is 0.506 e. The lowest BCUT2D eigenvalue weighted by Gasteiger charge is -2.18. The Bertz CT molecular complexity index is 3300. The van der Waals surface area contributed by atoms with E-state index < -0.39 is 106 Å². The number of fused-ring (bicyclic) bond motifs is 2. The number of anilines is 6. The molecule has 0 spiro atoms. The van der Waals surface area contributed by atoms with Crippen molar-refractivity contribution in [3.8, 4) is 11.5 Å². The SMILES string of the molecule is O=C1C(=NNc2cc(S(=O)(=O)O)ccc2O)C(S(=O)(=O)O)=Cc2cc(Nc3nc(Cl)nc(Nc4ccc5c(c4)C=C(S(=O)(=O)O)C(=NNc4cc(S(=O)(=O)O)ccc4O)C5=O)n3)ccc21. The number of hydrogen-bond acceptors (Lipinski definition) is 21. The van der Waals surface area contributed by atoms with Crippen LogP contribution >= 0.6 is 11.6 Å². The number of benzene rings is 4. The van der Waals surface area contributed by atoms with Crippen LogP contribution in [0, 0.1) is 0 Å². The van der Waals surface area contributed by atoms with Crippen molar-refractivity contribution in [1.82, 2.24) is 15.0 Å². The summed E-state index contributed by atoms with van der Waals surface area (Å²) < 4.78 is 135. The van der Waals surface area contributed by atoms with Crippen LogP contribution in [0.2, 0.25) is 5.28 Å². The van der Waals surface area contributed by atoms with Gasteiger partial charge in [-0.3, -0.25) is 38.7 Å². The Morgan fingerprint density at radius 1 is 0.508 bits per heavy atom. The number of nitrogens with zero attached hydrogens (tertiary/aromatic N) is 5. The van der Waals surface area contributed by atoms with Crippen molar-refractivity contribution < 1.29 is 71.7 Å². The number of halogens is 1. The average molecular weight is 990 g/mol. The van der Waals surface area contributed by atoms with Gasteiger partial charge in [0.05, 0.1) is 21.2 Å². The van der Waals surface area contributed by atoms with Gasteiger partial charge in [0.1, 0.15) is 21.3 Å². The highest BCUT2D eigenvalue weighted by Gasteiger charge is 2.35. The highest BCUT2D eigenvalue weighted by molar-refractivity contribution is 7.91. The number of Topliss-reactive ketones (excluding diaryl/α,β-unsaturated/α-hetero) is 2. The number of allylic oxidation sites excluding steroid dienone is 2. The number of carbonyl (C=O) groups excluding carboxylic acids is 2. The molecule has 7 rings (SSSR count). The zero-order valence-electron chi connectivity index (χ0n) is 31.6. The Kier molecular flexibility index (Phi) is 11.8. The molecule has 1 aromatic heterocycles. The van der Waals surface area contributed by atoms with E-state index >= 15 is 0 Å².